The van der Waals surface area contributed by atoms with Crippen LogP contribution in [0.1, 0.15) is 24.3 Å². The Kier molecular flexibility index (Phi) is 3.23. The van der Waals surface area contributed by atoms with Crippen LogP contribution in [0.25, 0.3) is 5.57 Å². The molecule has 6 nitrogen and oxygen atoms in total. The van der Waals surface area contributed by atoms with Crippen LogP contribution in [-0.4, -0.2) is 43.7 Å². The number of anilines is 1. The third-order valence-corrected chi connectivity index (χ3v) is 4.64. The van der Waals surface area contributed by atoms with Gasteiger partial charge >= 0.3 is 0 Å². The molecule has 120 valence electrons. The Morgan fingerprint density at radius 3 is 2.87 bits per heavy atom. The van der Waals surface area contributed by atoms with E-state index in [2.05, 4.69) is 12.6 Å². The van der Waals surface area contributed by atoms with E-state index in [0.29, 0.717) is 6.54 Å². The topological polar surface area (TPSA) is 51.0 Å². The molecule has 0 saturated carbocycles. The zero-order valence-electron chi connectivity index (χ0n) is 13.3. The number of hydrogen-bond donors (Lipinski definition) is 0. The molecule has 3 aliphatic heterocycles. The van der Waals surface area contributed by atoms with E-state index in [9.17, 15) is 4.79 Å². The van der Waals surface area contributed by atoms with Gasteiger partial charge in [-0.25, -0.2) is 0 Å². The number of ether oxygens (including phenoxy) is 2. The standard InChI is InChI=1S/C17H18N2O4/c1-9-12-6-5-11(17(21-3)22-4)7-13(12)18-8-14-15(16(9)23-18)19(14)10(2)20/h5,7,14-15,17H,1,8H2,2-4H3. The van der Waals surface area contributed by atoms with Crippen molar-refractivity contribution in [2.45, 2.75) is 25.3 Å². The number of amides is 1. The molecule has 2 saturated heterocycles. The summed E-state index contributed by atoms with van der Waals surface area (Å²) in [4.78, 5) is 19.5. The molecule has 4 rings (SSSR count). The molecule has 1 amide bonds. The molecule has 2 atom stereocenters. The number of benzene rings is 1. The second-order valence-electron chi connectivity index (χ2n) is 5.93. The maximum atomic E-state index is 11.7. The zero-order valence-corrected chi connectivity index (χ0v) is 13.3. The van der Waals surface area contributed by atoms with Gasteiger partial charge in [-0.05, 0) is 23.8 Å². The van der Waals surface area contributed by atoms with Gasteiger partial charge in [-0.2, -0.15) is 0 Å². The van der Waals surface area contributed by atoms with Crippen molar-refractivity contribution in [1.82, 2.24) is 4.90 Å². The molecule has 2 fully saturated rings. The minimum absolute atomic E-state index is 0.0168. The van der Waals surface area contributed by atoms with Crippen LogP contribution in [0.3, 0.4) is 0 Å². The van der Waals surface area contributed by atoms with E-state index in [0.717, 1.165) is 28.5 Å². The third-order valence-electron chi connectivity index (χ3n) is 4.64. The number of carbonyl (C=O) groups is 1. The summed E-state index contributed by atoms with van der Waals surface area (Å²) in [5.74, 6) is 0.0604. The molecule has 2 bridgehead atoms. The summed E-state index contributed by atoms with van der Waals surface area (Å²) in [7, 11) is 3.19. The van der Waals surface area contributed by atoms with Crippen molar-refractivity contribution < 1.29 is 19.1 Å². The van der Waals surface area contributed by atoms with Gasteiger partial charge in [-0.1, -0.05) is 6.58 Å². The molecule has 1 aromatic carbocycles. The van der Waals surface area contributed by atoms with E-state index in [-0.39, 0.29) is 18.0 Å². The second kappa shape index (κ2) is 5.06. The maximum absolute atomic E-state index is 11.7. The van der Waals surface area contributed by atoms with Gasteiger partial charge in [0.05, 0.1) is 24.3 Å². The van der Waals surface area contributed by atoms with Crippen molar-refractivity contribution in [3.8, 4) is 0 Å². The summed E-state index contributed by atoms with van der Waals surface area (Å²) in [6, 6.07) is 7.25. The molecule has 2 unspecified atom stereocenters. The number of methoxy groups -OCH3 is 2. The Labute approximate surface area is 135 Å². The Balaban J connectivity index is 1.71. The van der Waals surface area contributed by atoms with E-state index < -0.39 is 6.29 Å². The van der Waals surface area contributed by atoms with E-state index in [1.54, 1.807) is 21.1 Å². The molecule has 2 radical (unpaired) electrons. The summed E-state index contributed by atoms with van der Waals surface area (Å²) in [5.41, 5.74) is 3.42. The van der Waals surface area contributed by atoms with Gasteiger partial charge in [0, 0.05) is 32.3 Å². The molecule has 3 aliphatic rings. The van der Waals surface area contributed by atoms with Gasteiger partial charge in [0.15, 0.2) is 12.4 Å². The van der Waals surface area contributed by atoms with Crippen molar-refractivity contribution in [2.75, 3.05) is 25.8 Å². The quantitative estimate of drug-likeness (QED) is 0.628. The first-order chi connectivity index (χ1) is 11.1. The van der Waals surface area contributed by atoms with E-state index in [4.69, 9.17) is 14.3 Å². The van der Waals surface area contributed by atoms with Crippen molar-refractivity contribution in [3.05, 3.63) is 42.0 Å². The minimum atomic E-state index is -0.456. The number of fused-ring (bicyclic) bond motifs is 6. The Hall–Kier alpha value is -1.89. The van der Waals surface area contributed by atoms with Crippen molar-refractivity contribution in [1.29, 1.82) is 0 Å². The molecule has 0 spiro atoms. The largest absolute Gasteiger partial charge is 0.352 e. The summed E-state index contributed by atoms with van der Waals surface area (Å²) in [5, 5.41) is 1.81. The fraction of sp³-hybridized carbons (Fsp3) is 0.412. The highest BCUT2D eigenvalue weighted by Gasteiger charge is 2.61. The molecule has 0 N–H and O–H groups in total. The van der Waals surface area contributed by atoms with Crippen LogP contribution in [0.5, 0.6) is 0 Å². The summed E-state index contributed by atoms with van der Waals surface area (Å²) >= 11 is 0. The van der Waals surface area contributed by atoms with Gasteiger partial charge < -0.3 is 14.4 Å². The van der Waals surface area contributed by atoms with Crippen molar-refractivity contribution in [3.63, 3.8) is 0 Å². The van der Waals surface area contributed by atoms with Crippen LogP contribution in [0.15, 0.2) is 18.7 Å². The first-order valence-corrected chi connectivity index (χ1v) is 7.49. The van der Waals surface area contributed by atoms with E-state index in [1.165, 1.54) is 0 Å². The zero-order chi connectivity index (χ0) is 16.3. The highest BCUT2D eigenvalue weighted by Crippen LogP contribution is 2.52. The average Bonchev–Trinajstić information content (AvgIpc) is 3.28. The highest BCUT2D eigenvalue weighted by molar-refractivity contribution is 5.88. The smallest absolute Gasteiger partial charge is 0.220 e. The van der Waals surface area contributed by atoms with Gasteiger partial charge in [-0.15, -0.1) is 0 Å². The maximum Gasteiger partial charge on any atom is 0.220 e. The lowest BCUT2D eigenvalue weighted by molar-refractivity contribution is -0.124. The summed E-state index contributed by atoms with van der Waals surface area (Å²) in [6.07, 6.45) is 0.297. The van der Waals surface area contributed by atoms with Crippen molar-refractivity contribution >= 4 is 17.2 Å². The van der Waals surface area contributed by atoms with Gasteiger partial charge in [0.25, 0.3) is 0 Å². The lowest BCUT2D eigenvalue weighted by Gasteiger charge is -2.38. The first-order valence-electron chi connectivity index (χ1n) is 7.49. The minimum Gasteiger partial charge on any atom is -0.352 e. The molecule has 0 aliphatic carbocycles. The molecular formula is C17H18N2O4. The van der Waals surface area contributed by atoms with Crippen LogP contribution in [-0.2, 0) is 19.1 Å². The third kappa shape index (κ3) is 2.02. The molecule has 3 heterocycles. The van der Waals surface area contributed by atoms with Crippen LogP contribution < -0.4 is 5.06 Å². The summed E-state index contributed by atoms with van der Waals surface area (Å²) < 4.78 is 10.6. The predicted molar refractivity (Wildman–Crippen MR) is 82.8 cm³/mol. The Bertz CT molecular complexity index is 685. The predicted octanol–water partition coefficient (Wildman–Crippen LogP) is 1.69. The van der Waals surface area contributed by atoms with Crippen LogP contribution in [0, 0.1) is 12.2 Å². The number of rotatable bonds is 3. The monoisotopic (exact) mass is 314 g/mol. The van der Waals surface area contributed by atoms with Crippen LogP contribution >= 0.6 is 0 Å². The van der Waals surface area contributed by atoms with Crippen LogP contribution in [0.4, 0.5) is 5.69 Å². The SMILES string of the molecule is C=C1[C]2ON(CC3C2N3C(C)=O)c2cc(C(OC)OC)c[c]c21. The lowest BCUT2D eigenvalue weighted by atomic mass is 9.92. The molecule has 0 aromatic heterocycles. The molecular weight excluding hydrogens is 296 g/mol. The number of carbonyl (C=O) groups excluding carboxylic acids is 1. The Morgan fingerprint density at radius 2 is 2.22 bits per heavy atom. The highest BCUT2D eigenvalue weighted by atomic mass is 16.7. The second-order valence-corrected chi connectivity index (χ2v) is 5.93. The van der Waals surface area contributed by atoms with Crippen molar-refractivity contribution in [2.24, 2.45) is 0 Å². The molecule has 1 aromatic rings. The normalized spacial score (nSPS) is 25.5. The number of nitrogens with zero attached hydrogens (tertiary/aromatic N) is 2. The first kappa shape index (κ1) is 14.7. The number of hydrogen-bond acceptors (Lipinski definition) is 5. The number of hydroxylamine groups is 1. The van der Waals surface area contributed by atoms with E-state index in [1.807, 2.05) is 22.1 Å². The van der Waals surface area contributed by atoms with Gasteiger partial charge in [0.2, 0.25) is 5.91 Å². The summed E-state index contributed by atoms with van der Waals surface area (Å²) in [6.45, 7) is 6.36. The van der Waals surface area contributed by atoms with Crippen LogP contribution in [0.2, 0.25) is 0 Å². The average molecular weight is 314 g/mol. The fourth-order valence-electron chi connectivity index (χ4n) is 3.53. The van der Waals surface area contributed by atoms with Gasteiger partial charge in [-0.3, -0.25) is 14.7 Å². The molecule has 6 heteroatoms. The van der Waals surface area contributed by atoms with E-state index >= 15 is 0 Å². The Morgan fingerprint density at radius 1 is 1.48 bits per heavy atom. The molecule has 23 heavy (non-hydrogen) atoms. The van der Waals surface area contributed by atoms with Gasteiger partial charge in [0.1, 0.15) is 0 Å². The fourth-order valence-corrected chi connectivity index (χ4v) is 3.53. The lowest BCUT2D eigenvalue weighted by Crippen LogP contribution is -2.41.